The summed E-state index contributed by atoms with van der Waals surface area (Å²) in [5.74, 6) is 0. The van der Waals surface area contributed by atoms with Crippen LogP contribution in [-0.2, 0) is 6.42 Å². The fourth-order valence-electron chi connectivity index (χ4n) is 2.62. The number of nitrogens with zero attached hydrogens (tertiary/aromatic N) is 1. The van der Waals surface area contributed by atoms with Crippen molar-refractivity contribution in [2.75, 3.05) is 6.54 Å². The van der Waals surface area contributed by atoms with Gasteiger partial charge in [0.05, 0.1) is 0 Å². The molecule has 0 spiro atoms. The fraction of sp³-hybridized carbons (Fsp3) is 0.643. The minimum absolute atomic E-state index is 0.436. The highest BCUT2D eigenvalue weighted by Gasteiger charge is 2.64. The number of hydrogen-bond donors (Lipinski definition) is 1. The third-order valence-electron chi connectivity index (χ3n) is 4.53. The molecular formula is C14H22N2. The molecule has 2 nitrogen and oxygen atoms in total. The van der Waals surface area contributed by atoms with Gasteiger partial charge in [0.15, 0.2) is 0 Å². The number of nitrogens with one attached hydrogen (secondary N) is 1. The van der Waals surface area contributed by atoms with Gasteiger partial charge in [0.25, 0.3) is 0 Å². The molecule has 88 valence electrons. The summed E-state index contributed by atoms with van der Waals surface area (Å²) in [4.78, 5) is 4.03. The van der Waals surface area contributed by atoms with E-state index in [2.05, 4.69) is 50.1 Å². The maximum Gasteiger partial charge on any atom is 0.0270 e. The summed E-state index contributed by atoms with van der Waals surface area (Å²) in [6.45, 7) is 10.4. The Morgan fingerprint density at radius 3 is 2.19 bits per heavy atom. The molecule has 0 saturated heterocycles. The highest BCUT2D eigenvalue weighted by atomic mass is 15.0. The molecule has 0 bridgehead atoms. The van der Waals surface area contributed by atoms with Gasteiger partial charge in [-0.05, 0) is 41.5 Å². The average molecular weight is 218 g/mol. The van der Waals surface area contributed by atoms with Crippen molar-refractivity contribution >= 4 is 0 Å². The lowest BCUT2D eigenvalue weighted by Gasteiger charge is -2.06. The first-order valence-electron chi connectivity index (χ1n) is 6.08. The fourth-order valence-corrected chi connectivity index (χ4v) is 2.62. The van der Waals surface area contributed by atoms with Crippen LogP contribution in [0.15, 0.2) is 24.5 Å². The number of hydrogen-bond acceptors (Lipinski definition) is 2. The van der Waals surface area contributed by atoms with E-state index >= 15 is 0 Å². The summed E-state index contributed by atoms with van der Waals surface area (Å²) >= 11 is 0. The highest BCUT2D eigenvalue weighted by Crippen LogP contribution is 2.62. The van der Waals surface area contributed by atoms with E-state index in [1.807, 2.05) is 12.4 Å². The summed E-state index contributed by atoms with van der Waals surface area (Å²) in [5, 5.41) is 3.67. The van der Waals surface area contributed by atoms with E-state index in [4.69, 9.17) is 0 Å². The Morgan fingerprint density at radius 1 is 1.12 bits per heavy atom. The largest absolute Gasteiger partial charge is 0.313 e. The molecule has 0 aromatic carbocycles. The maximum atomic E-state index is 4.03. The van der Waals surface area contributed by atoms with Crippen LogP contribution >= 0.6 is 0 Å². The number of aromatic nitrogens is 1. The van der Waals surface area contributed by atoms with E-state index < -0.39 is 0 Å². The quantitative estimate of drug-likeness (QED) is 0.840. The van der Waals surface area contributed by atoms with Gasteiger partial charge < -0.3 is 5.32 Å². The Morgan fingerprint density at radius 2 is 1.69 bits per heavy atom. The van der Waals surface area contributed by atoms with Crippen LogP contribution in [0.5, 0.6) is 0 Å². The van der Waals surface area contributed by atoms with Crippen LogP contribution in [0.4, 0.5) is 0 Å². The lowest BCUT2D eigenvalue weighted by molar-refractivity contribution is 0.457. The molecule has 2 heteroatoms. The van der Waals surface area contributed by atoms with Crippen molar-refractivity contribution in [3.63, 3.8) is 0 Å². The first-order valence-corrected chi connectivity index (χ1v) is 6.08. The molecule has 2 rings (SSSR count). The molecule has 1 aliphatic carbocycles. The second-order valence-electron chi connectivity index (χ2n) is 5.94. The zero-order chi connectivity index (χ0) is 11.8. The smallest absolute Gasteiger partial charge is 0.0270 e. The van der Waals surface area contributed by atoms with Crippen LogP contribution in [0.2, 0.25) is 0 Å². The zero-order valence-corrected chi connectivity index (χ0v) is 10.7. The van der Waals surface area contributed by atoms with Crippen LogP contribution in [0.1, 0.15) is 33.3 Å². The maximum absolute atomic E-state index is 4.03. The molecule has 1 saturated carbocycles. The van der Waals surface area contributed by atoms with Gasteiger partial charge in [-0.1, -0.05) is 27.7 Å². The first kappa shape index (κ1) is 11.6. The Bertz CT molecular complexity index is 340. The number of rotatable bonds is 4. The number of pyridine rings is 1. The van der Waals surface area contributed by atoms with Gasteiger partial charge in [0.2, 0.25) is 0 Å². The second-order valence-corrected chi connectivity index (χ2v) is 5.94. The molecule has 1 N–H and O–H groups in total. The van der Waals surface area contributed by atoms with Gasteiger partial charge in [-0.25, -0.2) is 0 Å². The molecule has 1 aliphatic rings. The molecule has 0 unspecified atom stereocenters. The molecule has 0 amide bonds. The minimum atomic E-state index is 0.436. The van der Waals surface area contributed by atoms with Crippen molar-refractivity contribution in [2.45, 2.75) is 40.2 Å². The molecule has 1 aromatic rings. The Balaban J connectivity index is 1.79. The summed E-state index contributed by atoms with van der Waals surface area (Å²) in [7, 11) is 0. The molecule has 0 radical (unpaired) electrons. The van der Waals surface area contributed by atoms with Gasteiger partial charge in [0.1, 0.15) is 0 Å². The van der Waals surface area contributed by atoms with Crippen LogP contribution in [0, 0.1) is 10.8 Å². The summed E-state index contributed by atoms with van der Waals surface area (Å²) < 4.78 is 0. The topological polar surface area (TPSA) is 24.9 Å². The normalized spacial score (nSPS) is 22.0. The van der Waals surface area contributed by atoms with E-state index in [-0.39, 0.29) is 0 Å². The molecule has 1 heterocycles. The van der Waals surface area contributed by atoms with Crippen LogP contribution < -0.4 is 5.32 Å². The average Bonchev–Trinajstić information content (AvgIpc) is 2.62. The predicted molar refractivity (Wildman–Crippen MR) is 67.3 cm³/mol. The van der Waals surface area contributed by atoms with Crippen LogP contribution in [-0.4, -0.2) is 17.6 Å². The predicted octanol–water partition coefficient (Wildman–Crippen LogP) is 2.65. The summed E-state index contributed by atoms with van der Waals surface area (Å²) in [6, 6.07) is 4.83. The standard InChI is InChI=1S/C14H22N2/c1-13(2)12(14(13,3)4)16-10-7-11-5-8-15-9-6-11/h5-6,8-9,12,16H,7,10H2,1-4H3. The van der Waals surface area contributed by atoms with Crippen molar-refractivity contribution < 1.29 is 0 Å². The third kappa shape index (κ3) is 1.86. The lowest BCUT2D eigenvalue weighted by atomic mass is 10.0. The molecule has 0 aliphatic heterocycles. The van der Waals surface area contributed by atoms with Crippen LogP contribution in [0.3, 0.4) is 0 Å². The SMILES string of the molecule is CC1(C)C(NCCc2ccncc2)C1(C)C. The van der Waals surface area contributed by atoms with Gasteiger partial charge in [-0.15, -0.1) is 0 Å². The Hall–Kier alpha value is -0.890. The van der Waals surface area contributed by atoms with Crippen LogP contribution in [0.25, 0.3) is 0 Å². The van der Waals surface area contributed by atoms with E-state index in [0.29, 0.717) is 16.9 Å². The highest BCUT2D eigenvalue weighted by molar-refractivity contribution is 5.18. The molecule has 1 aromatic heterocycles. The Labute approximate surface area is 98.5 Å². The zero-order valence-electron chi connectivity index (χ0n) is 10.7. The molecular weight excluding hydrogens is 196 g/mol. The van der Waals surface area contributed by atoms with Crippen molar-refractivity contribution in [3.8, 4) is 0 Å². The lowest BCUT2D eigenvalue weighted by Crippen LogP contribution is -2.24. The first-order chi connectivity index (χ1) is 7.46. The minimum Gasteiger partial charge on any atom is -0.313 e. The molecule has 16 heavy (non-hydrogen) atoms. The van der Waals surface area contributed by atoms with Gasteiger partial charge >= 0.3 is 0 Å². The van der Waals surface area contributed by atoms with Crippen molar-refractivity contribution in [1.29, 1.82) is 0 Å². The van der Waals surface area contributed by atoms with Crippen molar-refractivity contribution in [1.82, 2.24) is 10.3 Å². The summed E-state index contributed by atoms with van der Waals surface area (Å²) in [5.41, 5.74) is 2.23. The van der Waals surface area contributed by atoms with Gasteiger partial charge in [-0.3, -0.25) is 4.98 Å². The van der Waals surface area contributed by atoms with Gasteiger partial charge in [0, 0.05) is 18.4 Å². The molecule has 0 atom stereocenters. The van der Waals surface area contributed by atoms with E-state index in [0.717, 1.165) is 13.0 Å². The third-order valence-corrected chi connectivity index (χ3v) is 4.53. The van der Waals surface area contributed by atoms with E-state index in [1.54, 1.807) is 0 Å². The van der Waals surface area contributed by atoms with Crippen molar-refractivity contribution in [3.05, 3.63) is 30.1 Å². The van der Waals surface area contributed by atoms with E-state index in [9.17, 15) is 0 Å². The monoisotopic (exact) mass is 218 g/mol. The van der Waals surface area contributed by atoms with Gasteiger partial charge in [-0.2, -0.15) is 0 Å². The molecule has 1 fully saturated rings. The van der Waals surface area contributed by atoms with E-state index in [1.165, 1.54) is 5.56 Å². The van der Waals surface area contributed by atoms with Crippen molar-refractivity contribution in [2.24, 2.45) is 10.8 Å². The Kier molecular flexibility index (Phi) is 2.79. The summed E-state index contributed by atoms with van der Waals surface area (Å²) in [6.07, 6.45) is 4.81. The second kappa shape index (κ2) is 3.85.